The Bertz CT molecular complexity index is 299. The number of aliphatic hydroxyl groups is 1. The van der Waals surface area contributed by atoms with Gasteiger partial charge in [-0.25, -0.2) is 0 Å². The van der Waals surface area contributed by atoms with Crippen LogP contribution < -0.4 is 5.32 Å². The van der Waals surface area contributed by atoms with E-state index in [1.807, 2.05) is 0 Å². The molecule has 2 atom stereocenters. The minimum atomic E-state index is -0.463. The summed E-state index contributed by atoms with van der Waals surface area (Å²) < 4.78 is 0. The highest BCUT2D eigenvalue weighted by atomic mass is 16.3. The number of nitrogens with one attached hydrogen (secondary N) is 1. The summed E-state index contributed by atoms with van der Waals surface area (Å²) in [4.78, 5) is 23.2. The molecule has 0 heterocycles. The van der Waals surface area contributed by atoms with Crippen molar-refractivity contribution in [2.24, 2.45) is 11.8 Å². The third kappa shape index (κ3) is 3.80. The smallest absolute Gasteiger partial charge is 0.287 e. The summed E-state index contributed by atoms with van der Waals surface area (Å²) in [6.45, 7) is 0.637. The molecular weight excluding hydrogens is 218 g/mol. The van der Waals surface area contributed by atoms with Crippen molar-refractivity contribution in [2.45, 2.75) is 51.0 Å². The molecule has 0 saturated heterocycles. The molecule has 2 saturated carbocycles. The summed E-state index contributed by atoms with van der Waals surface area (Å²) in [6.07, 6.45) is 5.84. The minimum absolute atomic E-state index is 0.0112. The van der Waals surface area contributed by atoms with Gasteiger partial charge < -0.3 is 10.4 Å². The molecule has 96 valence electrons. The Morgan fingerprint density at radius 3 is 2.47 bits per heavy atom. The monoisotopic (exact) mass is 239 g/mol. The van der Waals surface area contributed by atoms with Crippen LogP contribution in [0.3, 0.4) is 0 Å². The second-order valence-corrected chi connectivity index (χ2v) is 5.39. The topological polar surface area (TPSA) is 66.4 Å². The van der Waals surface area contributed by atoms with E-state index in [1.54, 1.807) is 0 Å². The number of carbonyl (C=O) groups excluding carboxylic acids is 2. The largest absolute Gasteiger partial charge is 0.393 e. The zero-order valence-electron chi connectivity index (χ0n) is 10.2. The van der Waals surface area contributed by atoms with Gasteiger partial charge in [-0.3, -0.25) is 9.59 Å². The molecule has 0 spiro atoms. The zero-order chi connectivity index (χ0) is 12.3. The number of hydrogen-bond donors (Lipinski definition) is 2. The third-order valence-electron chi connectivity index (χ3n) is 3.82. The molecule has 0 aromatic heterocycles. The van der Waals surface area contributed by atoms with Gasteiger partial charge in [-0.1, -0.05) is 12.8 Å². The highest BCUT2D eigenvalue weighted by Gasteiger charge is 2.28. The van der Waals surface area contributed by atoms with Gasteiger partial charge in [0.05, 0.1) is 6.10 Å². The van der Waals surface area contributed by atoms with E-state index in [9.17, 15) is 14.7 Å². The first kappa shape index (κ1) is 12.6. The second-order valence-electron chi connectivity index (χ2n) is 5.39. The quantitative estimate of drug-likeness (QED) is 0.704. The average Bonchev–Trinajstić information content (AvgIpc) is 3.13. The third-order valence-corrected chi connectivity index (χ3v) is 3.82. The minimum Gasteiger partial charge on any atom is -0.393 e. The van der Waals surface area contributed by atoms with Crippen LogP contribution in [-0.2, 0) is 9.59 Å². The number of rotatable bonds is 5. The summed E-state index contributed by atoms with van der Waals surface area (Å²) in [7, 11) is 0. The standard InChI is InChI=1S/C13H21NO3/c15-11-4-2-1-3-10(11)7-12(16)13(17)14-8-9-5-6-9/h9-11,15H,1-8H2,(H,14,17). The lowest BCUT2D eigenvalue weighted by atomic mass is 9.83. The van der Waals surface area contributed by atoms with Crippen LogP contribution in [0, 0.1) is 11.8 Å². The molecule has 0 aliphatic heterocycles. The number of amides is 1. The fourth-order valence-corrected chi connectivity index (χ4v) is 2.41. The maximum atomic E-state index is 11.7. The Kier molecular flexibility index (Phi) is 4.15. The van der Waals surface area contributed by atoms with Gasteiger partial charge in [-0.15, -0.1) is 0 Å². The van der Waals surface area contributed by atoms with Gasteiger partial charge in [0.2, 0.25) is 5.78 Å². The molecular formula is C13H21NO3. The Labute approximate surface area is 102 Å². The van der Waals surface area contributed by atoms with Crippen LogP contribution in [0.15, 0.2) is 0 Å². The average molecular weight is 239 g/mol. The van der Waals surface area contributed by atoms with Gasteiger partial charge in [0, 0.05) is 13.0 Å². The van der Waals surface area contributed by atoms with Crippen molar-refractivity contribution in [3.8, 4) is 0 Å². The van der Waals surface area contributed by atoms with Gasteiger partial charge in [0.1, 0.15) is 0 Å². The number of carbonyl (C=O) groups is 2. The van der Waals surface area contributed by atoms with Crippen LogP contribution in [0.2, 0.25) is 0 Å². The van der Waals surface area contributed by atoms with Crippen molar-refractivity contribution in [2.75, 3.05) is 6.54 Å². The van der Waals surface area contributed by atoms with Crippen LogP contribution in [-0.4, -0.2) is 29.4 Å². The molecule has 2 N–H and O–H groups in total. The number of Topliss-reactive ketones (excluding diaryl/α,β-unsaturated/α-hetero) is 1. The Hall–Kier alpha value is -0.900. The van der Waals surface area contributed by atoms with Crippen molar-refractivity contribution in [3.05, 3.63) is 0 Å². The predicted molar refractivity (Wildman–Crippen MR) is 63.3 cm³/mol. The summed E-state index contributed by atoms with van der Waals surface area (Å²) in [5, 5.41) is 12.4. The molecule has 0 aromatic rings. The summed E-state index contributed by atoms with van der Waals surface area (Å²) in [5.74, 6) is -0.249. The van der Waals surface area contributed by atoms with E-state index in [0.29, 0.717) is 12.5 Å². The van der Waals surface area contributed by atoms with Gasteiger partial charge in [0.15, 0.2) is 0 Å². The van der Waals surface area contributed by atoms with Gasteiger partial charge >= 0.3 is 0 Å². The molecule has 2 unspecified atom stereocenters. The Morgan fingerprint density at radius 2 is 1.82 bits per heavy atom. The molecule has 0 aromatic carbocycles. The first-order valence-corrected chi connectivity index (χ1v) is 6.66. The Morgan fingerprint density at radius 1 is 1.12 bits per heavy atom. The molecule has 17 heavy (non-hydrogen) atoms. The zero-order valence-corrected chi connectivity index (χ0v) is 10.2. The molecule has 2 aliphatic carbocycles. The van der Waals surface area contributed by atoms with E-state index in [4.69, 9.17) is 0 Å². The molecule has 4 nitrogen and oxygen atoms in total. The lowest BCUT2D eigenvalue weighted by Crippen LogP contribution is -2.36. The van der Waals surface area contributed by atoms with Gasteiger partial charge in [-0.05, 0) is 37.5 Å². The summed E-state index contributed by atoms with van der Waals surface area (Å²) in [6, 6.07) is 0. The van der Waals surface area contributed by atoms with E-state index < -0.39 is 12.0 Å². The fourth-order valence-electron chi connectivity index (χ4n) is 2.41. The summed E-state index contributed by atoms with van der Waals surface area (Å²) in [5.41, 5.74) is 0. The lowest BCUT2D eigenvalue weighted by molar-refractivity contribution is -0.139. The number of aliphatic hydroxyl groups excluding tert-OH is 1. The predicted octanol–water partition coefficient (Wildman–Crippen LogP) is 1.02. The van der Waals surface area contributed by atoms with Crippen LogP contribution in [0.5, 0.6) is 0 Å². The first-order valence-electron chi connectivity index (χ1n) is 6.66. The number of hydrogen-bond acceptors (Lipinski definition) is 3. The van der Waals surface area contributed by atoms with E-state index in [-0.39, 0.29) is 18.1 Å². The maximum Gasteiger partial charge on any atom is 0.287 e. The number of ketones is 1. The van der Waals surface area contributed by atoms with Crippen molar-refractivity contribution < 1.29 is 14.7 Å². The molecule has 0 radical (unpaired) electrons. The van der Waals surface area contributed by atoms with Crippen LogP contribution in [0.25, 0.3) is 0 Å². The highest BCUT2D eigenvalue weighted by molar-refractivity contribution is 6.36. The van der Waals surface area contributed by atoms with Crippen LogP contribution >= 0.6 is 0 Å². The van der Waals surface area contributed by atoms with Gasteiger partial charge in [-0.2, -0.15) is 0 Å². The summed E-state index contributed by atoms with van der Waals surface area (Å²) >= 11 is 0. The van der Waals surface area contributed by atoms with Crippen molar-refractivity contribution in [1.82, 2.24) is 5.32 Å². The van der Waals surface area contributed by atoms with Crippen LogP contribution in [0.4, 0.5) is 0 Å². The molecule has 4 heteroatoms. The first-order chi connectivity index (χ1) is 8.16. The van der Waals surface area contributed by atoms with Gasteiger partial charge in [0.25, 0.3) is 5.91 Å². The molecule has 2 fully saturated rings. The molecule has 0 bridgehead atoms. The van der Waals surface area contributed by atoms with E-state index >= 15 is 0 Å². The molecule has 2 aliphatic rings. The van der Waals surface area contributed by atoms with E-state index in [1.165, 1.54) is 0 Å². The van der Waals surface area contributed by atoms with Crippen molar-refractivity contribution in [3.63, 3.8) is 0 Å². The Balaban J connectivity index is 1.72. The second kappa shape index (κ2) is 5.63. The fraction of sp³-hybridized carbons (Fsp3) is 0.846. The normalized spacial score (nSPS) is 28.8. The van der Waals surface area contributed by atoms with Crippen molar-refractivity contribution in [1.29, 1.82) is 0 Å². The lowest BCUT2D eigenvalue weighted by Gasteiger charge is -2.26. The van der Waals surface area contributed by atoms with E-state index in [2.05, 4.69) is 5.32 Å². The molecule has 1 amide bonds. The highest BCUT2D eigenvalue weighted by Crippen LogP contribution is 2.28. The van der Waals surface area contributed by atoms with Crippen LogP contribution in [0.1, 0.15) is 44.9 Å². The SMILES string of the molecule is O=C(CC1CCCCC1O)C(=O)NCC1CC1. The van der Waals surface area contributed by atoms with Crippen molar-refractivity contribution >= 4 is 11.7 Å². The molecule has 2 rings (SSSR count). The van der Waals surface area contributed by atoms with E-state index in [0.717, 1.165) is 38.5 Å². The maximum absolute atomic E-state index is 11.7.